The fourth-order valence-corrected chi connectivity index (χ4v) is 4.28. The zero-order chi connectivity index (χ0) is 23.6. The molecule has 0 spiro atoms. The Balaban J connectivity index is 1.64. The minimum absolute atomic E-state index is 0.0730. The molecule has 0 radical (unpaired) electrons. The van der Waals surface area contributed by atoms with Gasteiger partial charge in [-0.05, 0) is 74.2 Å². The van der Waals surface area contributed by atoms with E-state index < -0.39 is 12.0 Å². The van der Waals surface area contributed by atoms with Crippen LogP contribution in [0.3, 0.4) is 0 Å². The summed E-state index contributed by atoms with van der Waals surface area (Å²) in [4.78, 5) is 36.9. The molecule has 2 aromatic carbocycles. The van der Waals surface area contributed by atoms with E-state index in [0.29, 0.717) is 36.6 Å². The first-order valence-corrected chi connectivity index (χ1v) is 11.6. The van der Waals surface area contributed by atoms with Crippen LogP contribution >= 0.6 is 0 Å². The molecule has 1 fully saturated rings. The molecule has 2 amide bonds. The highest BCUT2D eigenvalue weighted by Crippen LogP contribution is 2.28. The van der Waals surface area contributed by atoms with E-state index >= 15 is 0 Å². The Morgan fingerprint density at radius 2 is 1.61 bits per heavy atom. The predicted molar refractivity (Wildman–Crippen MR) is 128 cm³/mol. The fraction of sp³-hybridized carbons (Fsp3) is 0.423. The van der Waals surface area contributed by atoms with Gasteiger partial charge in [0.2, 0.25) is 11.8 Å². The number of rotatable bonds is 10. The average Bonchev–Trinajstić information content (AvgIpc) is 2.83. The number of nitrogens with one attached hydrogen (secondary N) is 2. The van der Waals surface area contributed by atoms with Crippen molar-refractivity contribution in [3.05, 3.63) is 65.7 Å². The second-order valence-corrected chi connectivity index (χ2v) is 8.80. The maximum Gasteiger partial charge on any atom is 0.307 e. The van der Waals surface area contributed by atoms with Crippen LogP contribution in [0.5, 0.6) is 0 Å². The molecule has 0 unspecified atom stereocenters. The van der Waals surface area contributed by atoms with Crippen molar-refractivity contribution in [2.45, 2.75) is 51.0 Å². The Hall–Kier alpha value is -3.19. The highest BCUT2D eigenvalue weighted by atomic mass is 16.4. The zero-order valence-corrected chi connectivity index (χ0v) is 18.8. The van der Waals surface area contributed by atoms with Gasteiger partial charge in [-0.3, -0.25) is 14.4 Å². The predicted octanol–water partition coefficient (Wildman–Crippen LogP) is 3.13. The Morgan fingerprint density at radius 1 is 0.939 bits per heavy atom. The molecule has 5 N–H and O–H groups in total. The van der Waals surface area contributed by atoms with E-state index in [1.54, 1.807) is 24.3 Å². The third-order valence-electron chi connectivity index (χ3n) is 6.33. The molecule has 7 nitrogen and oxygen atoms in total. The van der Waals surface area contributed by atoms with Gasteiger partial charge >= 0.3 is 5.97 Å². The lowest BCUT2D eigenvalue weighted by molar-refractivity contribution is -0.136. The van der Waals surface area contributed by atoms with Crippen LogP contribution in [-0.4, -0.2) is 35.5 Å². The van der Waals surface area contributed by atoms with Crippen LogP contribution in [0.2, 0.25) is 0 Å². The van der Waals surface area contributed by atoms with Crippen LogP contribution < -0.4 is 16.4 Å². The van der Waals surface area contributed by atoms with Gasteiger partial charge in [-0.15, -0.1) is 0 Å². The van der Waals surface area contributed by atoms with Crippen LogP contribution in [0.15, 0.2) is 54.6 Å². The molecule has 0 heterocycles. The molecule has 3 rings (SSSR count). The van der Waals surface area contributed by atoms with Crippen LogP contribution in [0, 0.1) is 11.8 Å². The third-order valence-corrected chi connectivity index (χ3v) is 6.33. The summed E-state index contributed by atoms with van der Waals surface area (Å²) >= 11 is 0. The number of hydrogen-bond acceptors (Lipinski definition) is 4. The second kappa shape index (κ2) is 12.2. The van der Waals surface area contributed by atoms with E-state index in [9.17, 15) is 14.4 Å². The van der Waals surface area contributed by atoms with Crippen molar-refractivity contribution in [1.29, 1.82) is 0 Å². The minimum Gasteiger partial charge on any atom is -0.481 e. The van der Waals surface area contributed by atoms with Crippen molar-refractivity contribution < 1.29 is 19.5 Å². The van der Waals surface area contributed by atoms with E-state index in [-0.39, 0.29) is 24.2 Å². The molecule has 1 aliphatic carbocycles. The molecular formula is C26H33N3O4. The van der Waals surface area contributed by atoms with E-state index in [1.807, 2.05) is 30.3 Å². The van der Waals surface area contributed by atoms with Crippen molar-refractivity contribution in [3.8, 4) is 0 Å². The maximum atomic E-state index is 13.1. The largest absolute Gasteiger partial charge is 0.481 e. The van der Waals surface area contributed by atoms with Crippen LogP contribution in [0.4, 0.5) is 5.69 Å². The number of nitrogens with two attached hydrogens (primary N) is 1. The molecule has 0 aliphatic heterocycles. The quantitative estimate of drug-likeness (QED) is 0.442. The number of carbonyl (C=O) groups excluding carboxylic acids is 2. The van der Waals surface area contributed by atoms with Crippen molar-refractivity contribution >= 4 is 23.5 Å². The molecule has 0 bridgehead atoms. The van der Waals surface area contributed by atoms with Gasteiger partial charge in [0, 0.05) is 11.6 Å². The number of aliphatic carboxylic acids is 1. The standard InChI is InChI=1S/C26H33N3O4/c27-17-20-6-11-21(12-7-20)25(32)29-23(15-10-18-4-2-1-3-5-18)26(33)28-22-13-8-19(9-14-22)16-24(30)31/h1-5,8-9,13-14,20-21,23H,6-7,10-12,15-17,27H2,(H,28,33)(H,29,32)(H,30,31)/t20?,21?,23-/m0/s1. The minimum atomic E-state index is -0.907. The SMILES string of the molecule is NCC1CCC(C(=O)N[C@@H](CCc2ccccc2)C(=O)Nc2ccc(CC(=O)O)cc2)CC1. The lowest BCUT2D eigenvalue weighted by atomic mass is 9.81. The fourth-order valence-electron chi connectivity index (χ4n) is 4.28. The normalized spacial score (nSPS) is 18.8. The highest BCUT2D eigenvalue weighted by molar-refractivity contribution is 5.97. The van der Waals surface area contributed by atoms with E-state index in [1.165, 1.54) is 0 Å². The summed E-state index contributed by atoms with van der Waals surface area (Å²) in [7, 11) is 0. The first-order chi connectivity index (χ1) is 15.9. The average molecular weight is 452 g/mol. The highest BCUT2D eigenvalue weighted by Gasteiger charge is 2.29. The summed E-state index contributed by atoms with van der Waals surface area (Å²) in [5.41, 5.74) is 8.09. The Bertz CT molecular complexity index is 922. The topological polar surface area (TPSA) is 122 Å². The third kappa shape index (κ3) is 7.71. The summed E-state index contributed by atoms with van der Waals surface area (Å²) < 4.78 is 0. The van der Waals surface area contributed by atoms with Crippen molar-refractivity contribution in [3.63, 3.8) is 0 Å². The summed E-state index contributed by atoms with van der Waals surface area (Å²) in [5.74, 6) is -0.863. The van der Waals surface area contributed by atoms with Crippen LogP contribution in [-0.2, 0) is 27.2 Å². The van der Waals surface area contributed by atoms with Gasteiger partial charge in [0.1, 0.15) is 6.04 Å². The van der Waals surface area contributed by atoms with Gasteiger partial charge in [0.25, 0.3) is 0 Å². The number of anilines is 1. The van der Waals surface area contributed by atoms with E-state index in [2.05, 4.69) is 10.6 Å². The van der Waals surface area contributed by atoms with Gasteiger partial charge in [-0.25, -0.2) is 0 Å². The second-order valence-electron chi connectivity index (χ2n) is 8.80. The maximum absolute atomic E-state index is 13.1. The van der Waals surface area contributed by atoms with Crippen molar-refractivity contribution in [2.24, 2.45) is 17.6 Å². The van der Waals surface area contributed by atoms with Gasteiger partial charge in [0.05, 0.1) is 6.42 Å². The summed E-state index contributed by atoms with van der Waals surface area (Å²) in [6, 6.07) is 15.9. The number of carbonyl (C=O) groups is 3. The smallest absolute Gasteiger partial charge is 0.307 e. The van der Waals surface area contributed by atoms with Gasteiger partial charge in [-0.1, -0.05) is 42.5 Å². The number of carboxylic acids is 1. The summed E-state index contributed by atoms with van der Waals surface area (Å²) in [6.45, 7) is 0.654. The number of aryl methyl sites for hydroxylation is 1. The lowest BCUT2D eigenvalue weighted by Gasteiger charge is -2.28. The number of hydrogen-bond donors (Lipinski definition) is 4. The molecule has 2 aromatic rings. The first kappa shape index (κ1) is 24.5. The van der Waals surface area contributed by atoms with Gasteiger partial charge < -0.3 is 21.5 Å². The molecule has 0 saturated heterocycles. The van der Waals surface area contributed by atoms with Gasteiger partial charge in [0.15, 0.2) is 0 Å². The number of amides is 2. The number of benzene rings is 2. The van der Waals surface area contributed by atoms with Gasteiger partial charge in [-0.2, -0.15) is 0 Å². The molecule has 1 aliphatic rings. The molecule has 0 aromatic heterocycles. The summed E-state index contributed by atoms with van der Waals surface area (Å²) in [5, 5.41) is 14.8. The molecule has 33 heavy (non-hydrogen) atoms. The summed E-state index contributed by atoms with van der Waals surface area (Å²) in [6.07, 6.45) is 4.55. The van der Waals surface area contributed by atoms with E-state index in [0.717, 1.165) is 31.2 Å². The number of carboxylic acid groups (broad SMARTS) is 1. The van der Waals surface area contributed by atoms with Crippen LogP contribution in [0.25, 0.3) is 0 Å². The zero-order valence-electron chi connectivity index (χ0n) is 18.8. The van der Waals surface area contributed by atoms with Crippen molar-refractivity contribution in [2.75, 3.05) is 11.9 Å². The first-order valence-electron chi connectivity index (χ1n) is 11.6. The molecule has 1 atom stereocenters. The van der Waals surface area contributed by atoms with Crippen LogP contribution in [0.1, 0.15) is 43.2 Å². The molecule has 176 valence electrons. The monoisotopic (exact) mass is 451 g/mol. The van der Waals surface area contributed by atoms with E-state index in [4.69, 9.17) is 10.8 Å². The Labute approximate surface area is 194 Å². The Morgan fingerprint density at radius 3 is 2.21 bits per heavy atom. The van der Waals surface area contributed by atoms with Crippen molar-refractivity contribution in [1.82, 2.24) is 5.32 Å². The molecular weight excluding hydrogens is 418 g/mol. The molecule has 1 saturated carbocycles. The lowest BCUT2D eigenvalue weighted by Crippen LogP contribution is -2.47. The molecule has 7 heteroatoms. The Kier molecular flexibility index (Phi) is 9.01.